The fourth-order valence-electron chi connectivity index (χ4n) is 3.00. The molecule has 0 radical (unpaired) electrons. The smallest absolute Gasteiger partial charge is 0.224 e. The molecule has 1 aliphatic rings. The number of hydrogen-bond donors (Lipinski definition) is 1. The molecule has 1 amide bonds. The summed E-state index contributed by atoms with van der Waals surface area (Å²) in [5, 5.41) is 2.98. The van der Waals surface area contributed by atoms with Gasteiger partial charge in [-0.05, 0) is 31.0 Å². The highest BCUT2D eigenvalue weighted by Gasteiger charge is 2.29. The van der Waals surface area contributed by atoms with Gasteiger partial charge in [0.15, 0.2) is 0 Å². The average molecular weight is 413 g/mol. The molecule has 5 nitrogen and oxygen atoms in total. The van der Waals surface area contributed by atoms with Crippen molar-refractivity contribution in [1.82, 2.24) is 9.62 Å². The third-order valence-electron chi connectivity index (χ3n) is 4.36. The van der Waals surface area contributed by atoms with Gasteiger partial charge in [0.2, 0.25) is 5.91 Å². The summed E-state index contributed by atoms with van der Waals surface area (Å²) in [6.45, 7) is 1.63. The number of para-hydroxylation sites is 1. The molecule has 2 atom stereocenters. The molecule has 140 valence electrons. The van der Waals surface area contributed by atoms with Gasteiger partial charge in [0.25, 0.3) is 0 Å². The number of nitrogens with one attached hydrogen (secondary N) is 1. The fraction of sp³-hybridized carbons (Fsp3) is 0.389. The number of hydrogen-bond acceptors (Lipinski definition) is 4. The van der Waals surface area contributed by atoms with E-state index in [0.29, 0.717) is 17.4 Å². The van der Waals surface area contributed by atoms with E-state index >= 15 is 0 Å². The van der Waals surface area contributed by atoms with E-state index in [1.54, 1.807) is 19.2 Å². The van der Waals surface area contributed by atoms with Crippen LogP contribution in [0, 0.1) is 5.92 Å². The van der Waals surface area contributed by atoms with Crippen LogP contribution in [0.15, 0.2) is 40.6 Å². The van der Waals surface area contributed by atoms with Crippen LogP contribution in [0.1, 0.15) is 18.4 Å². The molecule has 2 unspecified atom stereocenters. The molecule has 0 spiro atoms. The predicted octanol–water partition coefficient (Wildman–Crippen LogP) is 3.46. The van der Waals surface area contributed by atoms with Crippen LogP contribution in [-0.2, 0) is 22.3 Å². The topological polar surface area (TPSA) is 58.6 Å². The van der Waals surface area contributed by atoms with Crippen LogP contribution in [0.3, 0.4) is 0 Å². The van der Waals surface area contributed by atoms with Crippen LogP contribution in [0.25, 0.3) is 0 Å². The number of nitrogens with zero attached hydrogens (tertiary/aromatic N) is 1. The molecule has 1 aromatic heterocycles. The first kappa shape index (κ1) is 19.4. The zero-order valence-corrected chi connectivity index (χ0v) is 16.8. The van der Waals surface area contributed by atoms with Crippen molar-refractivity contribution >= 4 is 39.8 Å². The molecule has 1 aliphatic heterocycles. The second kappa shape index (κ2) is 8.99. The Labute approximate surface area is 164 Å². The Morgan fingerprint density at radius 1 is 1.38 bits per heavy atom. The maximum Gasteiger partial charge on any atom is 0.224 e. The molecule has 0 aliphatic carbocycles. The number of thiophene rings is 1. The van der Waals surface area contributed by atoms with Crippen molar-refractivity contribution in [2.24, 2.45) is 5.92 Å². The Bertz CT molecular complexity index is 796. The Morgan fingerprint density at radius 2 is 2.19 bits per heavy atom. The maximum absolute atomic E-state index is 12.7. The summed E-state index contributed by atoms with van der Waals surface area (Å²) in [6.07, 6.45) is 1.65. The van der Waals surface area contributed by atoms with Crippen molar-refractivity contribution in [3.8, 4) is 5.75 Å². The van der Waals surface area contributed by atoms with Gasteiger partial charge < -0.3 is 10.1 Å². The number of rotatable bonds is 6. The highest BCUT2D eigenvalue weighted by atomic mass is 35.5. The van der Waals surface area contributed by atoms with Gasteiger partial charge in [-0.1, -0.05) is 29.8 Å². The minimum atomic E-state index is -1.26. The number of halogens is 1. The zero-order valence-electron chi connectivity index (χ0n) is 14.4. The number of carbonyl (C=O) groups excluding carboxylic acids is 1. The highest BCUT2D eigenvalue weighted by molar-refractivity contribution is 7.85. The molecule has 2 heterocycles. The third-order valence-corrected chi connectivity index (χ3v) is 7.34. The van der Waals surface area contributed by atoms with Crippen LogP contribution in [0.2, 0.25) is 4.34 Å². The summed E-state index contributed by atoms with van der Waals surface area (Å²) in [5.74, 6) is 0.577. The Balaban J connectivity index is 1.58. The number of benzene rings is 1. The molecule has 0 bridgehead atoms. The largest absolute Gasteiger partial charge is 0.496 e. The summed E-state index contributed by atoms with van der Waals surface area (Å²) < 4.78 is 21.2. The van der Waals surface area contributed by atoms with E-state index in [0.717, 1.165) is 34.9 Å². The molecule has 3 rings (SSSR count). The third kappa shape index (κ3) is 4.65. The quantitative estimate of drug-likeness (QED) is 0.790. The molecule has 8 heteroatoms. The van der Waals surface area contributed by atoms with E-state index in [1.807, 2.05) is 28.6 Å². The highest BCUT2D eigenvalue weighted by Crippen LogP contribution is 2.28. The van der Waals surface area contributed by atoms with Crippen LogP contribution in [-0.4, -0.2) is 34.6 Å². The van der Waals surface area contributed by atoms with Crippen LogP contribution < -0.4 is 10.1 Å². The molecular formula is C18H21ClN2O3S2. The number of amides is 1. The molecule has 1 aromatic carbocycles. The van der Waals surface area contributed by atoms with Crippen LogP contribution in [0.5, 0.6) is 5.75 Å². The summed E-state index contributed by atoms with van der Waals surface area (Å²) >= 11 is 7.26. The van der Waals surface area contributed by atoms with Gasteiger partial charge in [-0.25, -0.2) is 8.51 Å². The number of piperidine rings is 1. The van der Waals surface area contributed by atoms with Crippen LogP contribution >= 0.6 is 22.9 Å². The first-order valence-electron chi connectivity index (χ1n) is 8.40. The molecule has 0 saturated carbocycles. The first-order valence-corrected chi connectivity index (χ1v) is 10.7. The average Bonchev–Trinajstić information content (AvgIpc) is 3.12. The molecule has 1 fully saturated rings. The SMILES string of the molecule is COc1ccccc1CNC(=O)C1CCCN(S(=O)c2ccc(Cl)s2)C1. The molecule has 2 aromatic rings. The van der Waals surface area contributed by atoms with E-state index in [2.05, 4.69) is 5.32 Å². The molecule has 1 N–H and O–H groups in total. The van der Waals surface area contributed by atoms with E-state index in [1.165, 1.54) is 11.3 Å². The van der Waals surface area contributed by atoms with Crippen molar-refractivity contribution in [1.29, 1.82) is 0 Å². The monoisotopic (exact) mass is 412 g/mol. The lowest BCUT2D eigenvalue weighted by atomic mass is 9.98. The predicted molar refractivity (Wildman–Crippen MR) is 105 cm³/mol. The van der Waals surface area contributed by atoms with Crippen molar-refractivity contribution in [2.75, 3.05) is 20.2 Å². The first-order chi connectivity index (χ1) is 12.6. The van der Waals surface area contributed by atoms with E-state index < -0.39 is 11.0 Å². The lowest BCUT2D eigenvalue weighted by molar-refractivity contribution is -0.126. The summed E-state index contributed by atoms with van der Waals surface area (Å²) in [7, 11) is 0.353. The van der Waals surface area contributed by atoms with Gasteiger partial charge in [-0.15, -0.1) is 11.3 Å². The summed E-state index contributed by atoms with van der Waals surface area (Å²) in [6, 6.07) is 11.2. The zero-order chi connectivity index (χ0) is 18.5. The summed E-state index contributed by atoms with van der Waals surface area (Å²) in [5.41, 5.74) is 0.938. The van der Waals surface area contributed by atoms with E-state index in [9.17, 15) is 9.00 Å². The van der Waals surface area contributed by atoms with Gasteiger partial charge in [0.1, 0.15) is 20.9 Å². The Hall–Kier alpha value is -1.41. The minimum Gasteiger partial charge on any atom is -0.496 e. The van der Waals surface area contributed by atoms with E-state index in [4.69, 9.17) is 16.3 Å². The summed E-state index contributed by atoms with van der Waals surface area (Å²) in [4.78, 5) is 12.6. The van der Waals surface area contributed by atoms with Crippen molar-refractivity contribution in [3.63, 3.8) is 0 Å². The Morgan fingerprint density at radius 3 is 2.92 bits per heavy atom. The molecule has 26 heavy (non-hydrogen) atoms. The van der Waals surface area contributed by atoms with E-state index in [-0.39, 0.29) is 11.8 Å². The second-order valence-electron chi connectivity index (χ2n) is 6.06. The lowest BCUT2D eigenvalue weighted by Gasteiger charge is -2.30. The molecule has 1 saturated heterocycles. The Kier molecular flexibility index (Phi) is 6.69. The van der Waals surface area contributed by atoms with Crippen LogP contribution in [0.4, 0.5) is 0 Å². The normalized spacial score (nSPS) is 19.1. The van der Waals surface area contributed by atoms with Gasteiger partial charge in [0, 0.05) is 25.2 Å². The lowest BCUT2D eigenvalue weighted by Crippen LogP contribution is -2.43. The minimum absolute atomic E-state index is 0.0122. The second-order valence-corrected chi connectivity index (χ2v) is 9.49. The van der Waals surface area contributed by atoms with Gasteiger partial charge in [0.05, 0.1) is 17.4 Å². The van der Waals surface area contributed by atoms with Gasteiger partial charge >= 0.3 is 0 Å². The standard InChI is InChI=1S/C18H21ClN2O3S2/c1-24-15-7-3-2-5-13(15)11-20-18(22)14-6-4-10-21(12-14)26(23)17-9-8-16(19)25-17/h2-3,5,7-9,14H,4,6,10-12H2,1H3,(H,20,22). The van der Waals surface area contributed by atoms with Crippen molar-refractivity contribution < 1.29 is 13.7 Å². The number of ether oxygens (including phenoxy) is 1. The number of carbonyl (C=O) groups is 1. The maximum atomic E-state index is 12.7. The van der Waals surface area contributed by atoms with Crippen molar-refractivity contribution in [2.45, 2.75) is 23.6 Å². The van der Waals surface area contributed by atoms with Gasteiger partial charge in [-0.3, -0.25) is 4.79 Å². The molecular weight excluding hydrogens is 392 g/mol. The van der Waals surface area contributed by atoms with Gasteiger partial charge in [-0.2, -0.15) is 0 Å². The fourth-order valence-corrected chi connectivity index (χ4v) is 5.84. The van der Waals surface area contributed by atoms with Crippen molar-refractivity contribution in [3.05, 3.63) is 46.3 Å². The number of methoxy groups -OCH3 is 1.